The normalized spacial score (nSPS) is 12.1. The maximum Gasteiger partial charge on any atom is 0.222 e. The van der Waals surface area contributed by atoms with Gasteiger partial charge >= 0.3 is 0 Å². The van der Waals surface area contributed by atoms with E-state index < -0.39 is 0 Å². The van der Waals surface area contributed by atoms with Crippen molar-refractivity contribution in [3.8, 4) is 17.1 Å². The highest BCUT2D eigenvalue weighted by Gasteiger charge is 2.11. The maximum absolute atomic E-state index is 5.54. The number of pyridine rings is 1. The third-order valence-corrected chi connectivity index (χ3v) is 12.6. The lowest BCUT2D eigenvalue weighted by molar-refractivity contribution is 0.399. The average molecular weight is 1010 g/mol. The molecule has 6 heterocycles. The zero-order valence-corrected chi connectivity index (χ0v) is 42.8. The fraction of sp³-hybridized carbons (Fsp3) is 0.457. The zero-order chi connectivity index (χ0) is 45.2. The summed E-state index contributed by atoms with van der Waals surface area (Å²) in [5, 5.41) is 0. The molecule has 0 radical (unpaired) electrons. The van der Waals surface area contributed by atoms with Crippen LogP contribution < -0.4 is 10.5 Å². The number of aromatic nitrogens is 11. The monoisotopic (exact) mass is 1010 g/mol. The molecule has 6 aromatic heterocycles. The van der Waals surface area contributed by atoms with Crippen LogP contribution in [-0.4, -0.2) is 87.2 Å². The van der Waals surface area contributed by atoms with Gasteiger partial charge < -0.3 is 10.5 Å². The van der Waals surface area contributed by atoms with Crippen molar-refractivity contribution in [3.63, 3.8) is 0 Å². The molecule has 0 aliphatic carbocycles. The second-order valence-electron chi connectivity index (χ2n) is 15.1. The number of hydrogen-bond acceptors (Lipinski definition) is 16. The van der Waals surface area contributed by atoms with Gasteiger partial charge in [0.2, 0.25) is 5.88 Å². The Bertz CT molecular complexity index is 2150. The number of hydrogen-bond donors (Lipinski definition) is 1. The smallest absolute Gasteiger partial charge is 0.222 e. The van der Waals surface area contributed by atoms with Gasteiger partial charge in [-0.2, -0.15) is 0 Å². The SMILES string of the molecule is COc1ncccc1-c1cnc(CCC(C)CCc2ncc(SC)cn2)cn1.CSc1cnc(CCC(C)CCc2cnc(Br)cn2)nc1.CSc1cnc(CCC(C)CN)nc1.Cl. The third kappa shape index (κ3) is 20.5. The topological polar surface area (TPSA) is 177 Å². The fourth-order valence-corrected chi connectivity index (χ4v) is 7.05. The van der Waals surface area contributed by atoms with E-state index in [9.17, 15) is 0 Å². The van der Waals surface area contributed by atoms with Crippen molar-refractivity contribution in [2.45, 2.75) is 99.7 Å². The predicted molar refractivity (Wildman–Crippen MR) is 268 cm³/mol. The fourth-order valence-electron chi connectivity index (χ4n) is 5.89. The first-order chi connectivity index (χ1) is 30.6. The molecule has 0 aromatic carbocycles. The standard InChI is InChI=1S/C21H25N5OS.C15H19BrN4S.C10H17N3S.ClH/c1-15(7-9-20-25-12-17(28-3)13-26-20)6-8-16-11-24-19(14-23-16)18-5-4-10-22-21(18)27-2;1-11(3-5-12-7-18-14(16)10-17-12)4-6-15-19-8-13(21-2)9-20-15;1-8(5-11)3-4-10-12-6-9(14-2)7-13-10;/h4-5,10-15H,6-9H2,1-3H3;7-11H,3-6H2,1-2H3;6-8H,3-5,11H2,1-2H3;1H. The van der Waals surface area contributed by atoms with Crippen molar-refractivity contribution in [1.82, 2.24) is 54.8 Å². The molecule has 0 saturated carbocycles. The first kappa shape index (κ1) is 54.5. The Morgan fingerprint density at radius 1 is 0.531 bits per heavy atom. The summed E-state index contributed by atoms with van der Waals surface area (Å²) in [6.45, 7) is 7.42. The van der Waals surface area contributed by atoms with E-state index in [2.05, 4.69) is 91.5 Å². The Morgan fingerprint density at radius 2 is 0.953 bits per heavy atom. The molecule has 13 nitrogen and oxygen atoms in total. The van der Waals surface area contributed by atoms with Crippen molar-refractivity contribution >= 4 is 63.6 Å². The molecular weight excluding hydrogens is 948 g/mol. The van der Waals surface area contributed by atoms with Crippen LogP contribution >= 0.6 is 63.6 Å². The molecule has 6 rings (SSSR count). The van der Waals surface area contributed by atoms with Crippen LogP contribution in [0.5, 0.6) is 5.88 Å². The summed E-state index contributed by atoms with van der Waals surface area (Å²) in [6, 6.07) is 3.80. The minimum absolute atomic E-state index is 0. The summed E-state index contributed by atoms with van der Waals surface area (Å²) < 4.78 is 6.08. The van der Waals surface area contributed by atoms with Crippen LogP contribution in [-0.2, 0) is 32.1 Å². The van der Waals surface area contributed by atoms with Crippen molar-refractivity contribution in [2.24, 2.45) is 23.5 Å². The molecular formula is C46H62BrClN12OS3. The zero-order valence-electron chi connectivity index (χ0n) is 37.9. The van der Waals surface area contributed by atoms with E-state index in [-0.39, 0.29) is 12.4 Å². The van der Waals surface area contributed by atoms with E-state index in [1.165, 1.54) is 0 Å². The molecule has 3 atom stereocenters. The molecule has 6 aromatic rings. The van der Waals surface area contributed by atoms with Gasteiger partial charge in [-0.25, -0.2) is 39.9 Å². The summed E-state index contributed by atoms with van der Waals surface area (Å²) in [6.07, 6.45) is 36.4. The minimum atomic E-state index is 0. The molecule has 18 heteroatoms. The Morgan fingerprint density at radius 3 is 1.33 bits per heavy atom. The number of halogens is 2. The van der Waals surface area contributed by atoms with E-state index in [0.29, 0.717) is 23.6 Å². The van der Waals surface area contributed by atoms with Crippen LogP contribution in [0.1, 0.15) is 81.7 Å². The first-order valence-electron chi connectivity index (χ1n) is 21.1. The Balaban J connectivity index is 0.000000268. The van der Waals surface area contributed by atoms with Crippen molar-refractivity contribution in [3.05, 3.63) is 114 Å². The van der Waals surface area contributed by atoms with Crippen LogP contribution in [0.15, 0.2) is 99.6 Å². The Hall–Kier alpha value is -3.87. The van der Waals surface area contributed by atoms with Crippen LogP contribution in [0.25, 0.3) is 11.3 Å². The van der Waals surface area contributed by atoms with Gasteiger partial charge in [-0.05, 0) is 116 Å². The molecule has 0 aliphatic rings. The predicted octanol–water partition coefficient (Wildman–Crippen LogP) is 10.4. The van der Waals surface area contributed by atoms with Gasteiger partial charge in [0.05, 0.1) is 42.1 Å². The second-order valence-corrected chi connectivity index (χ2v) is 18.6. The number of ether oxygens (including phenoxy) is 1. The van der Waals surface area contributed by atoms with Crippen LogP contribution in [0.3, 0.4) is 0 Å². The van der Waals surface area contributed by atoms with Crippen molar-refractivity contribution < 1.29 is 4.74 Å². The van der Waals surface area contributed by atoms with E-state index in [1.54, 1.807) is 61.0 Å². The van der Waals surface area contributed by atoms with Gasteiger partial charge in [0, 0.05) is 89.7 Å². The summed E-state index contributed by atoms with van der Waals surface area (Å²) >= 11 is 8.29. The van der Waals surface area contributed by atoms with E-state index in [0.717, 1.165) is 130 Å². The summed E-state index contributed by atoms with van der Waals surface area (Å²) in [5.41, 5.74) is 9.21. The lowest BCUT2D eigenvalue weighted by Crippen LogP contribution is -2.12. The van der Waals surface area contributed by atoms with Crippen molar-refractivity contribution in [1.29, 1.82) is 0 Å². The molecule has 0 spiro atoms. The maximum atomic E-state index is 5.54. The molecule has 64 heavy (non-hydrogen) atoms. The van der Waals surface area contributed by atoms with Crippen molar-refractivity contribution in [2.75, 3.05) is 32.4 Å². The summed E-state index contributed by atoms with van der Waals surface area (Å²) in [4.78, 5) is 51.4. The molecule has 0 amide bonds. The average Bonchev–Trinajstić information content (AvgIpc) is 3.34. The highest BCUT2D eigenvalue weighted by Crippen LogP contribution is 2.25. The molecule has 344 valence electrons. The third-order valence-electron chi connectivity index (χ3n) is 10.1. The minimum Gasteiger partial charge on any atom is -0.481 e. The van der Waals surface area contributed by atoms with Gasteiger partial charge in [0.25, 0.3) is 0 Å². The summed E-state index contributed by atoms with van der Waals surface area (Å²) in [7, 11) is 1.61. The van der Waals surface area contributed by atoms with E-state index in [1.807, 2.05) is 80.5 Å². The number of nitrogens with two attached hydrogens (primary N) is 1. The Kier molecular flexibility index (Phi) is 26.5. The van der Waals surface area contributed by atoms with Crippen LogP contribution in [0.2, 0.25) is 0 Å². The van der Waals surface area contributed by atoms with Crippen LogP contribution in [0, 0.1) is 17.8 Å². The van der Waals surface area contributed by atoms with Gasteiger partial charge in [0.15, 0.2) is 0 Å². The van der Waals surface area contributed by atoms with Gasteiger partial charge in [0.1, 0.15) is 22.1 Å². The van der Waals surface area contributed by atoms with Gasteiger partial charge in [-0.1, -0.05) is 20.8 Å². The first-order valence-corrected chi connectivity index (χ1v) is 25.6. The second kappa shape index (κ2) is 31.1. The quantitative estimate of drug-likeness (QED) is 0.0673. The molecule has 0 bridgehead atoms. The Labute approximate surface area is 407 Å². The largest absolute Gasteiger partial charge is 0.481 e. The highest BCUT2D eigenvalue weighted by molar-refractivity contribution is 9.10. The number of methoxy groups -OCH3 is 1. The molecule has 2 N–H and O–H groups in total. The highest BCUT2D eigenvalue weighted by atomic mass is 79.9. The molecule has 0 aliphatic heterocycles. The summed E-state index contributed by atoms with van der Waals surface area (Å²) in [5.74, 6) is 5.08. The van der Waals surface area contributed by atoms with Gasteiger partial charge in [-0.15, -0.1) is 47.7 Å². The molecule has 3 unspecified atom stereocenters. The van der Waals surface area contributed by atoms with E-state index in [4.69, 9.17) is 10.5 Å². The van der Waals surface area contributed by atoms with Gasteiger partial charge in [-0.3, -0.25) is 15.0 Å². The van der Waals surface area contributed by atoms with E-state index >= 15 is 0 Å². The molecule has 0 fully saturated rings. The number of nitrogens with zero attached hydrogens (tertiary/aromatic N) is 11. The number of thioether (sulfide) groups is 3. The number of aryl methyl sites for hydroxylation is 5. The molecule has 0 saturated heterocycles. The number of rotatable bonds is 21. The lowest BCUT2D eigenvalue weighted by atomic mass is 9.98. The lowest BCUT2D eigenvalue weighted by Gasteiger charge is -2.11. The van der Waals surface area contributed by atoms with Crippen LogP contribution in [0.4, 0.5) is 0 Å².